The first kappa shape index (κ1) is 11.6. The molecule has 0 aromatic heterocycles. The molecule has 0 radical (unpaired) electrons. The topological polar surface area (TPSA) is 24.5 Å². The molecule has 98 valence electrons. The first-order chi connectivity index (χ1) is 8.51. The number of nitrogens with zero attached hydrogens (tertiary/aromatic N) is 1. The van der Waals surface area contributed by atoms with Crippen LogP contribution in [-0.4, -0.2) is 31.5 Å². The lowest BCUT2D eigenvalue weighted by molar-refractivity contribution is -0.274. The molecule has 0 aliphatic carbocycles. The van der Waals surface area contributed by atoms with E-state index in [0.29, 0.717) is 12.1 Å². The molecule has 1 N–H and O–H groups in total. The molecule has 2 saturated heterocycles. The number of fused-ring (bicyclic) bond motifs is 2. The van der Waals surface area contributed by atoms with Crippen molar-refractivity contribution in [3.8, 4) is 5.75 Å². The fourth-order valence-electron chi connectivity index (χ4n) is 2.72. The summed E-state index contributed by atoms with van der Waals surface area (Å²) >= 11 is 0. The summed E-state index contributed by atoms with van der Waals surface area (Å²) < 4.78 is 39.9. The molecule has 2 unspecified atom stereocenters. The summed E-state index contributed by atoms with van der Waals surface area (Å²) in [6.45, 7) is 1.87. The molecular formula is C12H13F3N2O. The molecule has 0 spiro atoms. The molecule has 2 bridgehead atoms. The number of alkyl halides is 3. The second kappa shape index (κ2) is 4.05. The average molecular weight is 258 g/mol. The minimum atomic E-state index is -4.63. The number of halogens is 3. The number of benzene rings is 1. The van der Waals surface area contributed by atoms with Gasteiger partial charge in [-0.3, -0.25) is 0 Å². The molecule has 3 nitrogen and oxygen atoms in total. The zero-order valence-electron chi connectivity index (χ0n) is 9.57. The molecule has 1 aromatic carbocycles. The number of rotatable bonds is 2. The summed E-state index contributed by atoms with van der Waals surface area (Å²) in [6.07, 6.45) is -3.51. The Labute approximate surface area is 103 Å². The summed E-state index contributed by atoms with van der Waals surface area (Å²) in [4.78, 5) is 2.23. The van der Waals surface area contributed by atoms with E-state index >= 15 is 0 Å². The number of hydrogen-bond donors (Lipinski definition) is 1. The minimum Gasteiger partial charge on any atom is -0.406 e. The SMILES string of the molecule is FC(F)(F)Oc1ccc(N2CC3CC2CN3)cc1. The van der Waals surface area contributed by atoms with E-state index in [9.17, 15) is 13.2 Å². The van der Waals surface area contributed by atoms with Gasteiger partial charge in [0.1, 0.15) is 5.75 Å². The molecule has 0 saturated carbocycles. The van der Waals surface area contributed by atoms with E-state index in [0.717, 1.165) is 25.2 Å². The molecule has 18 heavy (non-hydrogen) atoms. The van der Waals surface area contributed by atoms with Gasteiger partial charge in [-0.1, -0.05) is 0 Å². The van der Waals surface area contributed by atoms with Crippen molar-refractivity contribution < 1.29 is 17.9 Å². The van der Waals surface area contributed by atoms with Gasteiger partial charge in [-0.15, -0.1) is 13.2 Å². The van der Waals surface area contributed by atoms with E-state index < -0.39 is 6.36 Å². The van der Waals surface area contributed by atoms with E-state index in [1.807, 2.05) is 0 Å². The van der Waals surface area contributed by atoms with Gasteiger partial charge in [0.05, 0.1) is 0 Å². The van der Waals surface area contributed by atoms with Gasteiger partial charge in [0.15, 0.2) is 0 Å². The summed E-state index contributed by atoms with van der Waals surface area (Å²) in [7, 11) is 0. The maximum Gasteiger partial charge on any atom is 0.573 e. The van der Waals surface area contributed by atoms with Gasteiger partial charge in [-0.2, -0.15) is 0 Å². The molecule has 2 atom stereocenters. The summed E-state index contributed by atoms with van der Waals surface area (Å²) in [6, 6.07) is 7.07. The molecule has 3 rings (SSSR count). The van der Waals surface area contributed by atoms with Crippen molar-refractivity contribution in [3.63, 3.8) is 0 Å². The highest BCUT2D eigenvalue weighted by molar-refractivity contribution is 5.52. The second-order valence-corrected chi connectivity index (χ2v) is 4.69. The highest BCUT2D eigenvalue weighted by atomic mass is 19.4. The highest BCUT2D eigenvalue weighted by Crippen LogP contribution is 2.31. The summed E-state index contributed by atoms with van der Waals surface area (Å²) in [5.74, 6) is -0.172. The zero-order valence-corrected chi connectivity index (χ0v) is 9.57. The lowest BCUT2D eigenvalue weighted by atomic mass is 10.2. The summed E-state index contributed by atoms with van der Waals surface area (Å²) in [5.41, 5.74) is 0.957. The van der Waals surface area contributed by atoms with E-state index in [1.54, 1.807) is 12.1 Å². The van der Waals surface area contributed by atoms with Crippen LogP contribution in [0.15, 0.2) is 24.3 Å². The van der Waals surface area contributed by atoms with Crippen molar-refractivity contribution in [1.29, 1.82) is 0 Å². The van der Waals surface area contributed by atoms with Crippen LogP contribution >= 0.6 is 0 Å². The van der Waals surface area contributed by atoms with Crippen molar-refractivity contribution in [2.45, 2.75) is 24.9 Å². The largest absolute Gasteiger partial charge is 0.573 e. The predicted molar refractivity (Wildman–Crippen MR) is 60.7 cm³/mol. The van der Waals surface area contributed by atoms with E-state index in [4.69, 9.17) is 0 Å². The van der Waals surface area contributed by atoms with Gasteiger partial charge in [0.25, 0.3) is 0 Å². The van der Waals surface area contributed by atoms with Crippen molar-refractivity contribution in [1.82, 2.24) is 5.32 Å². The average Bonchev–Trinajstić information content (AvgIpc) is 2.89. The van der Waals surface area contributed by atoms with Crippen molar-refractivity contribution >= 4 is 5.69 Å². The van der Waals surface area contributed by atoms with Gasteiger partial charge in [0, 0.05) is 30.9 Å². The van der Waals surface area contributed by atoms with Gasteiger partial charge in [-0.25, -0.2) is 0 Å². The Morgan fingerprint density at radius 2 is 1.94 bits per heavy atom. The fourth-order valence-corrected chi connectivity index (χ4v) is 2.72. The first-order valence-electron chi connectivity index (χ1n) is 5.87. The lowest BCUT2D eigenvalue weighted by Gasteiger charge is -2.29. The van der Waals surface area contributed by atoms with Crippen molar-refractivity contribution in [2.75, 3.05) is 18.0 Å². The van der Waals surface area contributed by atoms with Crippen molar-refractivity contribution in [3.05, 3.63) is 24.3 Å². The number of piperazine rings is 1. The number of anilines is 1. The van der Waals surface area contributed by atoms with E-state index in [-0.39, 0.29) is 5.75 Å². The molecule has 2 fully saturated rings. The molecule has 2 aliphatic heterocycles. The van der Waals surface area contributed by atoms with Crippen LogP contribution in [0.2, 0.25) is 0 Å². The van der Waals surface area contributed by atoms with Crippen molar-refractivity contribution in [2.24, 2.45) is 0 Å². The predicted octanol–water partition coefficient (Wildman–Crippen LogP) is 2.14. The molecule has 1 aromatic rings. The first-order valence-corrected chi connectivity index (χ1v) is 5.87. The van der Waals surface area contributed by atoms with Crippen LogP contribution in [-0.2, 0) is 0 Å². The van der Waals surface area contributed by atoms with Crippen LogP contribution in [0.3, 0.4) is 0 Å². The van der Waals surface area contributed by atoms with Crippen LogP contribution in [0.25, 0.3) is 0 Å². The Balaban J connectivity index is 1.71. The van der Waals surface area contributed by atoms with Gasteiger partial charge >= 0.3 is 6.36 Å². The Bertz CT molecular complexity index is 432. The van der Waals surface area contributed by atoms with Gasteiger partial charge < -0.3 is 15.0 Å². The third-order valence-electron chi connectivity index (χ3n) is 3.46. The molecule has 2 aliphatic rings. The number of ether oxygens (including phenoxy) is 1. The maximum atomic E-state index is 12.0. The fraction of sp³-hybridized carbons (Fsp3) is 0.500. The molecular weight excluding hydrogens is 245 g/mol. The van der Waals surface area contributed by atoms with Gasteiger partial charge in [-0.05, 0) is 30.7 Å². The minimum absolute atomic E-state index is 0.172. The van der Waals surface area contributed by atoms with Crippen LogP contribution in [0.4, 0.5) is 18.9 Å². The molecule has 0 amide bonds. The second-order valence-electron chi connectivity index (χ2n) is 4.69. The maximum absolute atomic E-state index is 12.0. The summed E-state index contributed by atoms with van der Waals surface area (Å²) in [5, 5.41) is 3.38. The normalized spacial score (nSPS) is 26.7. The number of nitrogens with one attached hydrogen (secondary N) is 1. The van der Waals surface area contributed by atoms with E-state index in [2.05, 4.69) is 15.0 Å². The Morgan fingerprint density at radius 1 is 1.22 bits per heavy atom. The lowest BCUT2D eigenvalue weighted by Crippen LogP contribution is -2.43. The van der Waals surface area contributed by atoms with Crippen LogP contribution in [0, 0.1) is 0 Å². The Morgan fingerprint density at radius 3 is 2.44 bits per heavy atom. The third kappa shape index (κ3) is 2.25. The van der Waals surface area contributed by atoms with Crippen LogP contribution in [0.5, 0.6) is 5.75 Å². The Hall–Kier alpha value is -1.43. The smallest absolute Gasteiger partial charge is 0.406 e. The van der Waals surface area contributed by atoms with Crippen LogP contribution in [0.1, 0.15) is 6.42 Å². The third-order valence-corrected chi connectivity index (χ3v) is 3.46. The quantitative estimate of drug-likeness (QED) is 0.879. The number of hydrogen-bond acceptors (Lipinski definition) is 3. The standard InChI is InChI=1S/C12H13F3N2O/c13-12(14,15)18-11-3-1-9(2-4-11)17-7-8-5-10(17)6-16-8/h1-4,8,10,16H,5-7H2. The molecule has 6 heteroatoms. The van der Waals surface area contributed by atoms with Gasteiger partial charge in [0.2, 0.25) is 0 Å². The van der Waals surface area contributed by atoms with Crippen LogP contribution < -0.4 is 15.0 Å². The highest BCUT2D eigenvalue weighted by Gasteiger charge is 2.37. The Kier molecular flexibility index (Phi) is 2.62. The monoisotopic (exact) mass is 258 g/mol. The zero-order chi connectivity index (χ0) is 12.8. The molecule has 2 heterocycles. The van der Waals surface area contributed by atoms with E-state index in [1.165, 1.54) is 12.1 Å².